The van der Waals surface area contributed by atoms with Gasteiger partial charge in [-0.1, -0.05) is 24.5 Å². The molecule has 0 spiro atoms. The molecule has 0 radical (unpaired) electrons. The van der Waals surface area contributed by atoms with Crippen LogP contribution in [0.2, 0.25) is 0 Å². The first-order valence-electron chi connectivity index (χ1n) is 6.53. The zero-order chi connectivity index (χ0) is 13.6. The largest absolute Gasteiger partial charge is 0.507 e. The Kier molecular flexibility index (Phi) is 6.94. The second-order valence-electron chi connectivity index (χ2n) is 5.31. The predicted molar refractivity (Wildman–Crippen MR) is 77.3 cm³/mol. The molecule has 98 valence electrons. The molecular formula is C16H28O. The Morgan fingerprint density at radius 1 is 0.824 bits per heavy atom. The van der Waals surface area contributed by atoms with Crippen molar-refractivity contribution >= 4 is 0 Å². The molecule has 0 unspecified atom stereocenters. The van der Waals surface area contributed by atoms with Gasteiger partial charge in [0, 0.05) is 5.57 Å². The van der Waals surface area contributed by atoms with Crippen molar-refractivity contribution in [1.82, 2.24) is 0 Å². The van der Waals surface area contributed by atoms with E-state index in [0.29, 0.717) is 5.76 Å². The van der Waals surface area contributed by atoms with Crippen LogP contribution in [0.25, 0.3) is 0 Å². The summed E-state index contributed by atoms with van der Waals surface area (Å²) in [7, 11) is 0. The van der Waals surface area contributed by atoms with Crippen molar-refractivity contribution in [2.75, 3.05) is 0 Å². The van der Waals surface area contributed by atoms with Gasteiger partial charge in [-0.15, -0.1) is 0 Å². The molecule has 0 heterocycles. The van der Waals surface area contributed by atoms with E-state index in [1.807, 2.05) is 13.8 Å². The third kappa shape index (κ3) is 4.80. The highest BCUT2D eigenvalue weighted by molar-refractivity contribution is 5.48. The number of aliphatic hydroxyl groups excluding tert-OH is 1. The fourth-order valence-electron chi connectivity index (χ4n) is 1.91. The van der Waals surface area contributed by atoms with E-state index < -0.39 is 0 Å². The van der Waals surface area contributed by atoms with Crippen LogP contribution in [0.1, 0.15) is 67.7 Å². The van der Waals surface area contributed by atoms with Gasteiger partial charge in [0.2, 0.25) is 0 Å². The van der Waals surface area contributed by atoms with E-state index in [1.54, 1.807) is 0 Å². The summed E-state index contributed by atoms with van der Waals surface area (Å²) in [5.41, 5.74) is 5.85. The predicted octanol–water partition coefficient (Wildman–Crippen LogP) is 5.70. The molecule has 0 saturated carbocycles. The van der Waals surface area contributed by atoms with E-state index in [1.165, 1.54) is 29.6 Å². The maximum absolute atomic E-state index is 10.3. The number of rotatable bonds is 5. The van der Waals surface area contributed by atoms with E-state index in [2.05, 4.69) is 34.6 Å². The van der Waals surface area contributed by atoms with E-state index in [9.17, 15) is 5.11 Å². The molecule has 0 bridgehead atoms. The lowest BCUT2D eigenvalue weighted by Gasteiger charge is -2.17. The summed E-state index contributed by atoms with van der Waals surface area (Å²) in [6.45, 7) is 14.5. The first-order chi connectivity index (χ1) is 7.82. The Bertz CT molecular complexity index is 342. The van der Waals surface area contributed by atoms with Crippen LogP contribution in [0.4, 0.5) is 0 Å². The molecule has 1 nitrogen and oxygen atoms in total. The third-order valence-corrected chi connectivity index (χ3v) is 2.90. The first kappa shape index (κ1) is 16.0. The van der Waals surface area contributed by atoms with Crippen molar-refractivity contribution in [1.29, 1.82) is 0 Å². The normalized spacial score (nSPS) is 9.82. The maximum Gasteiger partial charge on any atom is 0.121 e. The van der Waals surface area contributed by atoms with Gasteiger partial charge in [0.15, 0.2) is 0 Å². The Labute approximate surface area is 107 Å². The molecular weight excluding hydrogens is 208 g/mol. The van der Waals surface area contributed by atoms with Crippen LogP contribution in [0, 0.1) is 0 Å². The van der Waals surface area contributed by atoms with Crippen LogP contribution < -0.4 is 0 Å². The van der Waals surface area contributed by atoms with Gasteiger partial charge in [-0.05, 0) is 65.5 Å². The zero-order valence-electron chi connectivity index (χ0n) is 12.6. The Balaban J connectivity index is 5.56. The first-order valence-corrected chi connectivity index (χ1v) is 6.53. The molecule has 0 fully saturated rings. The molecule has 17 heavy (non-hydrogen) atoms. The maximum atomic E-state index is 10.3. The Morgan fingerprint density at radius 2 is 1.35 bits per heavy atom. The molecule has 0 atom stereocenters. The molecule has 0 amide bonds. The van der Waals surface area contributed by atoms with Crippen LogP contribution in [0.3, 0.4) is 0 Å². The minimum absolute atomic E-state index is 0.456. The summed E-state index contributed by atoms with van der Waals surface area (Å²) >= 11 is 0. The average Bonchev–Trinajstić information content (AvgIpc) is 2.21. The van der Waals surface area contributed by atoms with E-state index >= 15 is 0 Å². The number of allylic oxidation sites excluding steroid dienone is 4. The van der Waals surface area contributed by atoms with E-state index in [-0.39, 0.29) is 0 Å². The molecule has 0 saturated heterocycles. The molecule has 0 aliphatic rings. The fraction of sp³-hybridized carbons (Fsp3) is 0.625. The fourth-order valence-corrected chi connectivity index (χ4v) is 1.91. The molecule has 1 N–H and O–H groups in total. The van der Waals surface area contributed by atoms with E-state index in [0.717, 1.165) is 17.6 Å². The summed E-state index contributed by atoms with van der Waals surface area (Å²) in [6.07, 6.45) is 3.41. The number of hydrogen-bond acceptors (Lipinski definition) is 1. The van der Waals surface area contributed by atoms with Crippen LogP contribution in [0.15, 0.2) is 33.6 Å². The van der Waals surface area contributed by atoms with Gasteiger partial charge in [0.25, 0.3) is 0 Å². The molecule has 0 rings (SSSR count). The average molecular weight is 236 g/mol. The molecule has 0 aromatic rings. The second kappa shape index (κ2) is 7.37. The lowest BCUT2D eigenvalue weighted by molar-refractivity contribution is 0.416. The minimum Gasteiger partial charge on any atom is -0.507 e. The molecule has 0 aliphatic carbocycles. The molecule has 0 aromatic carbocycles. The van der Waals surface area contributed by atoms with Crippen LogP contribution in [-0.2, 0) is 0 Å². The van der Waals surface area contributed by atoms with Gasteiger partial charge in [-0.2, -0.15) is 0 Å². The van der Waals surface area contributed by atoms with Crippen molar-refractivity contribution in [3.05, 3.63) is 33.6 Å². The van der Waals surface area contributed by atoms with Crippen molar-refractivity contribution < 1.29 is 5.11 Å². The Hall–Kier alpha value is -0.980. The van der Waals surface area contributed by atoms with Crippen LogP contribution in [-0.4, -0.2) is 5.11 Å². The summed E-state index contributed by atoms with van der Waals surface area (Å²) in [6, 6.07) is 0. The van der Waals surface area contributed by atoms with Gasteiger partial charge in [-0.3, -0.25) is 0 Å². The lowest BCUT2D eigenvalue weighted by atomic mass is 9.90. The number of unbranched alkanes of at least 4 members (excludes halogenated alkanes) is 1. The summed E-state index contributed by atoms with van der Waals surface area (Å²) in [4.78, 5) is 0. The Morgan fingerprint density at radius 3 is 1.65 bits per heavy atom. The number of aliphatic hydroxyl groups is 1. The second-order valence-corrected chi connectivity index (χ2v) is 5.31. The van der Waals surface area contributed by atoms with E-state index in [4.69, 9.17) is 0 Å². The van der Waals surface area contributed by atoms with Crippen molar-refractivity contribution in [2.45, 2.75) is 67.7 Å². The van der Waals surface area contributed by atoms with Crippen molar-refractivity contribution in [2.24, 2.45) is 0 Å². The monoisotopic (exact) mass is 236 g/mol. The van der Waals surface area contributed by atoms with Crippen LogP contribution in [0.5, 0.6) is 0 Å². The lowest BCUT2D eigenvalue weighted by Crippen LogP contribution is -2.01. The summed E-state index contributed by atoms with van der Waals surface area (Å²) < 4.78 is 0. The molecule has 0 aromatic heterocycles. The SMILES string of the molecule is CCCCC(=C(C)C)C(=C(C)C)C(O)=C(C)C. The minimum atomic E-state index is 0.456. The summed E-state index contributed by atoms with van der Waals surface area (Å²) in [5, 5.41) is 10.3. The number of hydrogen-bond donors (Lipinski definition) is 1. The standard InChI is InChI=1S/C16H28O/c1-8-9-10-14(11(2)3)15(12(4)5)16(17)13(6)7/h17H,8-10H2,1-7H3. The van der Waals surface area contributed by atoms with Crippen LogP contribution >= 0.6 is 0 Å². The molecule has 0 aliphatic heterocycles. The van der Waals surface area contributed by atoms with Gasteiger partial charge in [0.05, 0.1) is 0 Å². The highest BCUT2D eigenvalue weighted by Crippen LogP contribution is 2.30. The topological polar surface area (TPSA) is 20.2 Å². The zero-order valence-corrected chi connectivity index (χ0v) is 12.6. The third-order valence-electron chi connectivity index (χ3n) is 2.90. The van der Waals surface area contributed by atoms with Gasteiger partial charge in [0.1, 0.15) is 5.76 Å². The van der Waals surface area contributed by atoms with Gasteiger partial charge in [-0.25, -0.2) is 0 Å². The highest BCUT2D eigenvalue weighted by atomic mass is 16.3. The summed E-state index contributed by atoms with van der Waals surface area (Å²) in [5.74, 6) is 0.456. The smallest absolute Gasteiger partial charge is 0.121 e. The van der Waals surface area contributed by atoms with Crippen molar-refractivity contribution in [3.63, 3.8) is 0 Å². The quantitative estimate of drug-likeness (QED) is 0.479. The van der Waals surface area contributed by atoms with Gasteiger partial charge >= 0.3 is 0 Å². The van der Waals surface area contributed by atoms with Crippen molar-refractivity contribution in [3.8, 4) is 0 Å². The highest BCUT2D eigenvalue weighted by Gasteiger charge is 2.13. The molecule has 1 heteroatoms. The van der Waals surface area contributed by atoms with Gasteiger partial charge < -0.3 is 5.11 Å².